The van der Waals surface area contributed by atoms with Crippen LogP contribution in [0.1, 0.15) is 50.7 Å². The molecule has 0 bridgehead atoms. The number of fused-ring (bicyclic) bond motifs is 1. The van der Waals surface area contributed by atoms with Gasteiger partial charge in [-0.15, -0.1) is 0 Å². The molecule has 0 aliphatic carbocycles. The monoisotopic (exact) mass is 467 g/mol. The SMILES string of the molecule is O=C(CCCN1C(=O)c2ccccc2C1=O)N1CCN(C(c2ccccc2)c2ccccc2)CC1. The van der Waals surface area contributed by atoms with Crippen LogP contribution < -0.4 is 0 Å². The van der Waals surface area contributed by atoms with Gasteiger partial charge < -0.3 is 4.90 Å². The molecule has 6 nitrogen and oxygen atoms in total. The predicted octanol–water partition coefficient (Wildman–Crippen LogP) is 4.00. The second-order valence-electron chi connectivity index (χ2n) is 9.05. The van der Waals surface area contributed by atoms with E-state index in [0.717, 1.165) is 13.1 Å². The summed E-state index contributed by atoms with van der Waals surface area (Å²) in [5.74, 6) is -0.448. The molecule has 0 saturated carbocycles. The fourth-order valence-electron chi connectivity index (χ4n) is 5.10. The average Bonchev–Trinajstić information content (AvgIpc) is 3.15. The minimum atomic E-state index is -0.264. The number of rotatable bonds is 7. The van der Waals surface area contributed by atoms with Crippen molar-refractivity contribution in [3.05, 3.63) is 107 Å². The van der Waals surface area contributed by atoms with Crippen LogP contribution >= 0.6 is 0 Å². The van der Waals surface area contributed by atoms with Crippen molar-refractivity contribution in [1.29, 1.82) is 0 Å². The van der Waals surface area contributed by atoms with Gasteiger partial charge in [-0.2, -0.15) is 0 Å². The Labute approximate surface area is 205 Å². The molecular weight excluding hydrogens is 438 g/mol. The molecule has 0 atom stereocenters. The molecule has 1 fully saturated rings. The first-order valence-corrected chi connectivity index (χ1v) is 12.2. The summed E-state index contributed by atoms with van der Waals surface area (Å²) in [4.78, 5) is 43.5. The minimum absolute atomic E-state index is 0.0808. The van der Waals surface area contributed by atoms with Crippen molar-refractivity contribution in [1.82, 2.24) is 14.7 Å². The molecule has 2 aliphatic rings. The summed E-state index contributed by atoms with van der Waals surface area (Å²) in [5, 5.41) is 0. The van der Waals surface area contributed by atoms with Crippen LogP contribution in [-0.4, -0.2) is 65.1 Å². The number of imide groups is 1. The standard InChI is InChI=1S/C29H29N3O3/c33-26(16-9-17-32-28(34)24-14-7-8-15-25(24)29(32)35)30-18-20-31(21-19-30)27(22-10-3-1-4-11-22)23-12-5-2-6-13-23/h1-8,10-15,27H,9,16-21H2. The summed E-state index contributed by atoms with van der Waals surface area (Å²) in [7, 11) is 0. The van der Waals surface area contributed by atoms with E-state index in [0.29, 0.717) is 37.1 Å². The predicted molar refractivity (Wildman–Crippen MR) is 134 cm³/mol. The molecule has 2 heterocycles. The van der Waals surface area contributed by atoms with Gasteiger partial charge in [0.2, 0.25) is 5.91 Å². The molecule has 35 heavy (non-hydrogen) atoms. The van der Waals surface area contributed by atoms with Gasteiger partial charge in [-0.25, -0.2) is 0 Å². The summed E-state index contributed by atoms with van der Waals surface area (Å²) in [6.07, 6.45) is 0.801. The topological polar surface area (TPSA) is 60.9 Å². The normalized spacial score (nSPS) is 16.1. The molecule has 5 rings (SSSR count). The van der Waals surface area contributed by atoms with Crippen LogP contribution in [0.25, 0.3) is 0 Å². The van der Waals surface area contributed by atoms with Crippen molar-refractivity contribution < 1.29 is 14.4 Å². The van der Waals surface area contributed by atoms with E-state index in [2.05, 4.69) is 53.4 Å². The van der Waals surface area contributed by atoms with Crippen LogP contribution in [0.5, 0.6) is 0 Å². The number of hydrogen-bond acceptors (Lipinski definition) is 4. The number of carbonyl (C=O) groups is 3. The zero-order chi connectivity index (χ0) is 24.2. The maximum absolute atomic E-state index is 12.9. The Hall–Kier alpha value is -3.77. The van der Waals surface area contributed by atoms with Gasteiger partial charge in [-0.05, 0) is 29.7 Å². The van der Waals surface area contributed by atoms with Gasteiger partial charge in [0.1, 0.15) is 0 Å². The summed E-state index contributed by atoms with van der Waals surface area (Å²) >= 11 is 0. The molecule has 3 aromatic carbocycles. The number of hydrogen-bond donors (Lipinski definition) is 0. The fraction of sp³-hybridized carbons (Fsp3) is 0.276. The van der Waals surface area contributed by atoms with E-state index in [4.69, 9.17) is 0 Å². The van der Waals surface area contributed by atoms with Crippen LogP contribution in [0.15, 0.2) is 84.9 Å². The molecule has 0 radical (unpaired) electrons. The molecule has 3 amide bonds. The van der Waals surface area contributed by atoms with Crippen LogP contribution in [0.4, 0.5) is 0 Å². The van der Waals surface area contributed by atoms with Gasteiger partial charge >= 0.3 is 0 Å². The Kier molecular flexibility index (Phi) is 6.73. The number of nitrogens with zero attached hydrogens (tertiary/aromatic N) is 3. The van der Waals surface area contributed by atoms with Gasteiger partial charge in [0.15, 0.2) is 0 Å². The lowest BCUT2D eigenvalue weighted by Crippen LogP contribution is -2.50. The quantitative estimate of drug-likeness (QED) is 0.493. The zero-order valence-corrected chi connectivity index (χ0v) is 19.7. The first kappa shape index (κ1) is 23.0. The first-order chi connectivity index (χ1) is 17.1. The van der Waals surface area contributed by atoms with Crippen molar-refractivity contribution in [2.45, 2.75) is 18.9 Å². The molecule has 0 unspecified atom stereocenters. The number of benzene rings is 3. The highest BCUT2D eigenvalue weighted by Crippen LogP contribution is 2.29. The maximum Gasteiger partial charge on any atom is 0.261 e. The highest BCUT2D eigenvalue weighted by Gasteiger charge is 2.35. The van der Waals surface area contributed by atoms with E-state index in [-0.39, 0.29) is 30.3 Å². The smallest absolute Gasteiger partial charge is 0.261 e. The molecule has 1 saturated heterocycles. The van der Waals surface area contributed by atoms with Crippen LogP contribution in [0, 0.1) is 0 Å². The van der Waals surface area contributed by atoms with Crippen LogP contribution in [0.2, 0.25) is 0 Å². The highest BCUT2D eigenvalue weighted by molar-refractivity contribution is 6.21. The Morgan fingerprint density at radius 1 is 0.686 bits per heavy atom. The summed E-state index contributed by atoms with van der Waals surface area (Å²) in [6.45, 7) is 3.18. The Morgan fingerprint density at radius 3 is 1.69 bits per heavy atom. The number of piperazine rings is 1. The third-order valence-electron chi connectivity index (χ3n) is 6.91. The van der Waals surface area contributed by atoms with Crippen molar-refractivity contribution in [3.8, 4) is 0 Å². The van der Waals surface area contributed by atoms with Crippen molar-refractivity contribution >= 4 is 17.7 Å². The van der Waals surface area contributed by atoms with Gasteiger partial charge in [0.25, 0.3) is 11.8 Å². The van der Waals surface area contributed by atoms with Crippen LogP contribution in [-0.2, 0) is 4.79 Å². The fourth-order valence-corrected chi connectivity index (χ4v) is 5.10. The molecule has 3 aromatic rings. The van der Waals surface area contributed by atoms with Crippen molar-refractivity contribution in [3.63, 3.8) is 0 Å². The van der Waals surface area contributed by atoms with E-state index < -0.39 is 0 Å². The molecule has 6 heteroatoms. The molecule has 2 aliphatic heterocycles. The lowest BCUT2D eigenvalue weighted by molar-refractivity contribution is -0.133. The molecule has 0 aromatic heterocycles. The second kappa shape index (κ2) is 10.2. The maximum atomic E-state index is 12.9. The molecular formula is C29H29N3O3. The Balaban J connectivity index is 1.16. The van der Waals surface area contributed by atoms with E-state index >= 15 is 0 Å². The zero-order valence-electron chi connectivity index (χ0n) is 19.7. The van der Waals surface area contributed by atoms with Crippen molar-refractivity contribution in [2.24, 2.45) is 0 Å². The average molecular weight is 468 g/mol. The minimum Gasteiger partial charge on any atom is -0.340 e. The lowest BCUT2D eigenvalue weighted by Gasteiger charge is -2.40. The molecule has 178 valence electrons. The van der Waals surface area contributed by atoms with Gasteiger partial charge in [-0.1, -0.05) is 72.8 Å². The van der Waals surface area contributed by atoms with Crippen molar-refractivity contribution in [2.75, 3.05) is 32.7 Å². The summed E-state index contributed by atoms with van der Waals surface area (Å²) in [5.41, 5.74) is 3.40. The van der Waals surface area contributed by atoms with E-state index in [1.54, 1.807) is 24.3 Å². The van der Waals surface area contributed by atoms with E-state index in [9.17, 15) is 14.4 Å². The Bertz CT molecular complexity index is 1130. The molecule has 0 spiro atoms. The van der Waals surface area contributed by atoms with Gasteiger partial charge in [0, 0.05) is 39.1 Å². The third kappa shape index (κ3) is 4.75. The second-order valence-corrected chi connectivity index (χ2v) is 9.05. The highest BCUT2D eigenvalue weighted by atomic mass is 16.2. The molecule has 0 N–H and O–H groups in total. The number of amides is 3. The van der Waals surface area contributed by atoms with Gasteiger partial charge in [-0.3, -0.25) is 24.2 Å². The first-order valence-electron chi connectivity index (χ1n) is 12.2. The van der Waals surface area contributed by atoms with E-state index in [1.807, 2.05) is 17.0 Å². The summed E-state index contributed by atoms with van der Waals surface area (Å²) in [6, 6.07) is 28.0. The third-order valence-corrected chi connectivity index (χ3v) is 6.91. The Morgan fingerprint density at radius 2 is 1.17 bits per heavy atom. The van der Waals surface area contributed by atoms with E-state index in [1.165, 1.54) is 16.0 Å². The van der Waals surface area contributed by atoms with Gasteiger partial charge in [0.05, 0.1) is 17.2 Å². The lowest BCUT2D eigenvalue weighted by atomic mass is 9.96. The summed E-state index contributed by atoms with van der Waals surface area (Å²) < 4.78 is 0. The largest absolute Gasteiger partial charge is 0.340 e. The van der Waals surface area contributed by atoms with Crippen LogP contribution in [0.3, 0.4) is 0 Å². The number of carbonyl (C=O) groups excluding carboxylic acids is 3.